The van der Waals surface area contributed by atoms with E-state index in [0.717, 1.165) is 31.2 Å². The lowest BCUT2D eigenvalue weighted by Crippen LogP contribution is -2.10. The smallest absolute Gasteiger partial charge is 0.202 e. The van der Waals surface area contributed by atoms with Gasteiger partial charge in [0.05, 0.1) is 11.2 Å². The molecule has 0 saturated carbocycles. The van der Waals surface area contributed by atoms with Gasteiger partial charge in [0.25, 0.3) is 0 Å². The average Bonchev–Trinajstić information content (AvgIpc) is 2.98. The summed E-state index contributed by atoms with van der Waals surface area (Å²) >= 11 is 1.64. The highest BCUT2D eigenvalue weighted by atomic mass is 32.1. The van der Waals surface area contributed by atoms with E-state index in [1.54, 1.807) is 11.3 Å². The first-order valence-electron chi connectivity index (χ1n) is 6.02. The number of nitrogens with one attached hydrogen (secondary N) is 1. The topological polar surface area (TPSA) is 42.7 Å². The number of hydrogen-bond donors (Lipinski definition) is 1. The molecular weight excluding hydrogens is 232 g/mol. The Balaban J connectivity index is 1.80. The van der Waals surface area contributed by atoms with Crippen molar-refractivity contribution >= 4 is 17.3 Å². The summed E-state index contributed by atoms with van der Waals surface area (Å²) in [7, 11) is 0. The lowest BCUT2D eigenvalue weighted by Gasteiger charge is -2.08. The molecule has 0 saturated heterocycles. The second-order valence-electron chi connectivity index (χ2n) is 3.95. The molecule has 0 fully saturated rings. The zero-order valence-electron chi connectivity index (χ0n) is 10.1. The maximum absolute atomic E-state index is 4.32. The van der Waals surface area contributed by atoms with Crippen LogP contribution in [0.15, 0.2) is 23.3 Å². The van der Waals surface area contributed by atoms with Crippen molar-refractivity contribution in [1.29, 1.82) is 0 Å². The van der Waals surface area contributed by atoms with Crippen LogP contribution in [0.4, 0.5) is 5.95 Å². The van der Waals surface area contributed by atoms with E-state index in [4.69, 9.17) is 0 Å². The summed E-state index contributed by atoms with van der Waals surface area (Å²) in [4.78, 5) is 8.58. The number of thiazole rings is 1. The van der Waals surface area contributed by atoms with Gasteiger partial charge in [0.2, 0.25) is 5.95 Å². The molecule has 1 N–H and O–H groups in total. The summed E-state index contributed by atoms with van der Waals surface area (Å²) in [6.45, 7) is 4.12. The molecule has 0 aliphatic carbocycles. The van der Waals surface area contributed by atoms with Gasteiger partial charge in [-0.05, 0) is 6.42 Å². The standard InChI is InChI=1S/C12H18N4S/c1-2-3-7-16-8-6-14-12(16)13-5-4-11-9-17-10-15-11/h6,8-10H,2-5,7H2,1H3,(H,13,14). The second-order valence-corrected chi connectivity index (χ2v) is 4.67. The van der Waals surface area contributed by atoms with Crippen molar-refractivity contribution in [2.24, 2.45) is 0 Å². The highest BCUT2D eigenvalue weighted by Gasteiger charge is 2.01. The summed E-state index contributed by atoms with van der Waals surface area (Å²) in [5.41, 5.74) is 3.02. The first kappa shape index (κ1) is 12.1. The molecule has 0 aliphatic heterocycles. The molecule has 0 radical (unpaired) electrons. The van der Waals surface area contributed by atoms with Crippen LogP contribution in [0.1, 0.15) is 25.5 Å². The van der Waals surface area contributed by atoms with Crippen molar-refractivity contribution in [3.8, 4) is 0 Å². The number of rotatable bonds is 7. The highest BCUT2D eigenvalue weighted by Crippen LogP contribution is 2.07. The third kappa shape index (κ3) is 3.56. The Morgan fingerprint density at radius 1 is 1.41 bits per heavy atom. The van der Waals surface area contributed by atoms with Gasteiger partial charge in [0.15, 0.2) is 0 Å². The molecule has 0 unspecified atom stereocenters. The number of nitrogens with zero attached hydrogens (tertiary/aromatic N) is 3. The monoisotopic (exact) mass is 250 g/mol. The van der Waals surface area contributed by atoms with Crippen molar-refractivity contribution in [2.75, 3.05) is 11.9 Å². The van der Waals surface area contributed by atoms with Crippen LogP contribution in [0.5, 0.6) is 0 Å². The summed E-state index contributed by atoms with van der Waals surface area (Å²) < 4.78 is 2.17. The van der Waals surface area contributed by atoms with E-state index in [0.29, 0.717) is 0 Å². The van der Waals surface area contributed by atoms with Crippen molar-refractivity contribution in [1.82, 2.24) is 14.5 Å². The van der Waals surface area contributed by atoms with Crippen LogP contribution in [0, 0.1) is 0 Å². The van der Waals surface area contributed by atoms with Gasteiger partial charge >= 0.3 is 0 Å². The molecule has 0 bridgehead atoms. The molecule has 2 rings (SSSR count). The van der Waals surface area contributed by atoms with Gasteiger partial charge < -0.3 is 9.88 Å². The molecule has 0 atom stereocenters. The first-order chi connectivity index (χ1) is 8.40. The molecule has 4 nitrogen and oxygen atoms in total. The van der Waals surface area contributed by atoms with Gasteiger partial charge in [0.1, 0.15) is 0 Å². The molecule has 0 aliphatic rings. The maximum Gasteiger partial charge on any atom is 0.202 e. The number of unbranched alkanes of at least 4 members (excludes halogenated alkanes) is 1. The fraction of sp³-hybridized carbons (Fsp3) is 0.500. The Morgan fingerprint density at radius 2 is 2.35 bits per heavy atom. The Kier molecular flexibility index (Phi) is 4.55. The summed E-state index contributed by atoms with van der Waals surface area (Å²) in [6, 6.07) is 0. The maximum atomic E-state index is 4.32. The predicted molar refractivity (Wildman–Crippen MR) is 71.4 cm³/mol. The normalized spacial score (nSPS) is 10.6. The van der Waals surface area contributed by atoms with Crippen molar-refractivity contribution in [2.45, 2.75) is 32.7 Å². The molecule has 17 heavy (non-hydrogen) atoms. The lowest BCUT2D eigenvalue weighted by atomic mass is 10.3. The number of aromatic nitrogens is 3. The largest absolute Gasteiger partial charge is 0.355 e. The van der Waals surface area contributed by atoms with E-state index in [-0.39, 0.29) is 0 Å². The number of aryl methyl sites for hydroxylation is 1. The number of imidazole rings is 1. The van der Waals surface area contributed by atoms with E-state index in [1.807, 2.05) is 17.9 Å². The van der Waals surface area contributed by atoms with Crippen LogP contribution in [-0.4, -0.2) is 21.1 Å². The Labute approximate surface area is 106 Å². The Bertz CT molecular complexity index is 421. The predicted octanol–water partition coefficient (Wildman–Crippen LogP) is 2.79. The van der Waals surface area contributed by atoms with Gasteiger partial charge in [-0.15, -0.1) is 11.3 Å². The number of anilines is 1. The summed E-state index contributed by atoms with van der Waals surface area (Å²) in [6.07, 6.45) is 7.22. The molecular formula is C12H18N4S. The lowest BCUT2D eigenvalue weighted by molar-refractivity contribution is 0.635. The van der Waals surface area contributed by atoms with Crippen LogP contribution < -0.4 is 5.32 Å². The molecule has 5 heteroatoms. The quantitative estimate of drug-likeness (QED) is 0.821. The third-order valence-corrected chi connectivity index (χ3v) is 3.25. The third-order valence-electron chi connectivity index (χ3n) is 2.62. The molecule has 0 amide bonds. The number of hydrogen-bond acceptors (Lipinski definition) is 4. The first-order valence-corrected chi connectivity index (χ1v) is 6.96. The van der Waals surface area contributed by atoms with E-state index in [9.17, 15) is 0 Å². The second kappa shape index (κ2) is 6.39. The SMILES string of the molecule is CCCCn1ccnc1NCCc1cscn1. The summed E-state index contributed by atoms with van der Waals surface area (Å²) in [5.74, 6) is 0.966. The highest BCUT2D eigenvalue weighted by molar-refractivity contribution is 7.07. The minimum atomic E-state index is 0.882. The fourth-order valence-corrected chi connectivity index (χ4v) is 2.24. The van der Waals surface area contributed by atoms with Gasteiger partial charge in [-0.1, -0.05) is 13.3 Å². The van der Waals surface area contributed by atoms with Gasteiger partial charge in [-0.2, -0.15) is 0 Å². The van der Waals surface area contributed by atoms with Crippen molar-refractivity contribution < 1.29 is 0 Å². The molecule has 2 aromatic rings. The molecule has 92 valence electrons. The van der Waals surface area contributed by atoms with Crippen LogP contribution >= 0.6 is 11.3 Å². The molecule has 2 aromatic heterocycles. The zero-order chi connectivity index (χ0) is 11.9. The Morgan fingerprint density at radius 3 is 3.12 bits per heavy atom. The van der Waals surface area contributed by atoms with Crippen LogP contribution in [0.3, 0.4) is 0 Å². The van der Waals surface area contributed by atoms with Gasteiger partial charge in [0, 0.05) is 37.3 Å². The van der Waals surface area contributed by atoms with Gasteiger partial charge in [-0.3, -0.25) is 0 Å². The van der Waals surface area contributed by atoms with E-state index in [2.05, 4.69) is 32.2 Å². The molecule has 0 aromatic carbocycles. The van der Waals surface area contributed by atoms with E-state index < -0.39 is 0 Å². The van der Waals surface area contributed by atoms with Crippen molar-refractivity contribution in [3.63, 3.8) is 0 Å². The van der Waals surface area contributed by atoms with Gasteiger partial charge in [-0.25, -0.2) is 9.97 Å². The minimum absolute atomic E-state index is 0.882. The van der Waals surface area contributed by atoms with Crippen LogP contribution in [0.2, 0.25) is 0 Å². The zero-order valence-corrected chi connectivity index (χ0v) is 10.9. The fourth-order valence-electron chi connectivity index (χ4n) is 1.65. The summed E-state index contributed by atoms with van der Waals surface area (Å²) in [5, 5.41) is 5.45. The van der Waals surface area contributed by atoms with E-state index >= 15 is 0 Å². The van der Waals surface area contributed by atoms with Crippen LogP contribution in [0.25, 0.3) is 0 Å². The molecule has 0 spiro atoms. The Hall–Kier alpha value is -1.36. The average molecular weight is 250 g/mol. The van der Waals surface area contributed by atoms with Crippen molar-refractivity contribution in [3.05, 3.63) is 29.0 Å². The molecule has 2 heterocycles. The minimum Gasteiger partial charge on any atom is -0.355 e. The van der Waals surface area contributed by atoms with E-state index in [1.165, 1.54) is 12.8 Å². The van der Waals surface area contributed by atoms with Crippen LogP contribution in [-0.2, 0) is 13.0 Å².